The number of carbonyl (C=O) groups is 1. The van der Waals surface area contributed by atoms with Gasteiger partial charge in [-0.25, -0.2) is 0 Å². The lowest BCUT2D eigenvalue weighted by Crippen LogP contribution is -2.34. The van der Waals surface area contributed by atoms with Crippen LogP contribution in [0.4, 0.5) is 13.2 Å². The first-order valence-corrected chi connectivity index (χ1v) is 6.78. The van der Waals surface area contributed by atoms with Gasteiger partial charge in [0.15, 0.2) is 5.76 Å². The van der Waals surface area contributed by atoms with Crippen LogP contribution in [0.25, 0.3) is 11.0 Å². The third-order valence-electron chi connectivity index (χ3n) is 3.48. The molecule has 0 spiro atoms. The number of aromatic nitrogens is 2. The maximum atomic E-state index is 13.4. The molecular formula is C15H9F3N2O5. The largest absolute Gasteiger partial charge is 0.805 e. The Hall–Kier alpha value is -3.30. The van der Waals surface area contributed by atoms with E-state index >= 15 is 0 Å². The van der Waals surface area contributed by atoms with Gasteiger partial charge >= 0.3 is 11.9 Å². The predicted molar refractivity (Wildman–Crippen MR) is 77.8 cm³/mol. The number of rotatable bonds is 3. The third kappa shape index (κ3) is 2.61. The van der Waals surface area contributed by atoms with Crippen molar-refractivity contribution in [1.82, 2.24) is 4.73 Å². The van der Waals surface area contributed by atoms with Crippen molar-refractivity contribution < 1.29 is 31.5 Å². The van der Waals surface area contributed by atoms with E-state index in [9.17, 15) is 28.1 Å². The first kappa shape index (κ1) is 16.6. The molecular weight excluding hydrogens is 345 g/mol. The van der Waals surface area contributed by atoms with Crippen LogP contribution in [0.1, 0.15) is 21.9 Å². The van der Waals surface area contributed by atoms with Crippen LogP contribution in [-0.4, -0.2) is 17.6 Å². The maximum Gasteiger partial charge on any atom is 0.438 e. The molecule has 2 heterocycles. The monoisotopic (exact) mass is 354 g/mol. The molecule has 1 aromatic carbocycles. The van der Waals surface area contributed by atoms with Gasteiger partial charge in [-0.15, -0.1) is 0 Å². The molecule has 0 amide bonds. The zero-order valence-electron chi connectivity index (χ0n) is 12.5. The molecule has 3 aromatic rings. The molecule has 0 unspecified atom stereocenters. The Bertz CT molecular complexity index is 1020. The second-order valence-corrected chi connectivity index (χ2v) is 4.94. The molecule has 3 rings (SSSR count). The minimum atomic E-state index is -5.24. The lowest BCUT2D eigenvalue weighted by molar-refractivity contribution is -0.470. The Kier molecular flexibility index (Phi) is 3.74. The van der Waals surface area contributed by atoms with E-state index < -0.39 is 44.9 Å². The Morgan fingerprint density at radius 1 is 1.32 bits per heavy atom. The molecule has 0 radical (unpaired) electrons. The fourth-order valence-corrected chi connectivity index (χ4v) is 2.37. The number of halogens is 3. The summed E-state index contributed by atoms with van der Waals surface area (Å²) in [6.07, 6.45) is -4.18. The van der Waals surface area contributed by atoms with Gasteiger partial charge in [0.1, 0.15) is 11.3 Å². The van der Waals surface area contributed by atoms with E-state index in [1.54, 1.807) is 0 Å². The lowest BCUT2D eigenvalue weighted by atomic mass is 10.1. The number of hydrogen-bond acceptors (Lipinski definition) is 5. The summed E-state index contributed by atoms with van der Waals surface area (Å²) in [4.78, 5) is 24.8. The smallest absolute Gasteiger partial charge is 0.438 e. The van der Waals surface area contributed by atoms with Gasteiger partial charge in [0.2, 0.25) is 5.69 Å². The fourth-order valence-electron chi connectivity index (χ4n) is 2.37. The third-order valence-corrected chi connectivity index (χ3v) is 3.48. The van der Waals surface area contributed by atoms with E-state index in [1.165, 1.54) is 19.2 Å². The molecule has 0 aliphatic heterocycles. The number of fused-ring (bicyclic) bond motifs is 1. The summed E-state index contributed by atoms with van der Waals surface area (Å²) < 4.78 is 49.1. The average Bonchev–Trinajstić information content (AvgIpc) is 3.10. The van der Waals surface area contributed by atoms with E-state index in [0.717, 1.165) is 24.5 Å². The first-order chi connectivity index (χ1) is 11.8. The molecule has 0 bridgehead atoms. The zero-order chi connectivity index (χ0) is 18.4. The number of methoxy groups -OCH3 is 1. The Morgan fingerprint density at radius 2 is 2.04 bits per heavy atom. The van der Waals surface area contributed by atoms with Crippen LogP contribution in [0.5, 0.6) is 5.75 Å². The number of carbonyl (C=O) groups excluding carboxylic acids is 1. The lowest BCUT2D eigenvalue weighted by Gasteiger charge is -2.20. The topological polar surface area (TPSA) is 90.4 Å². The summed E-state index contributed by atoms with van der Waals surface area (Å²) in [6.45, 7) is 0. The molecule has 0 atom stereocenters. The molecule has 7 nitrogen and oxygen atoms in total. The Morgan fingerprint density at radius 3 is 2.60 bits per heavy atom. The van der Waals surface area contributed by atoms with Crippen LogP contribution < -0.4 is 9.16 Å². The number of nitrogens with zero attached hydrogens (tertiary/aromatic N) is 2. The standard InChI is InChI=1S/C15H9F3N2O5/c1-24-8-4-5-9-10(7-8)19(22)12(13(21)11-3-2-6-25-11)14(20(9)23)15(16,17)18/h2-7H,1H3. The van der Waals surface area contributed by atoms with Crippen LogP contribution >= 0.6 is 0 Å². The summed E-state index contributed by atoms with van der Waals surface area (Å²) in [7, 11) is 1.28. The van der Waals surface area contributed by atoms with Gasteiger partial charge in [0, 0.05) is 4.91 Å². The molecule has 0 aliphatic rings. The highest BCUT2D eigenvalue weighted by Gasteiger charge is 2.45. The van der Waals surface area contributed by atoms with E-state index in [4.69, 9.17) is 9.15 Å². The van der Waals surface area contributed by atoms with Gasteiger partial charge < -0.3 is 19.1 Å². The average molecular weight is 354 g/mol. The summed E-state index contributed by atoms with van der Waals surface area (Å²) in [5.41, 5.74) is -4.30. The quantitative estimate of drug-likeness (QED) is 0.533. The normalized spacial score (nSPS) is 11.7. The van der Waals surface area contributed by atoms with Crippen LogP contribution in [0.2, 0.25) is 0 Å². The Balaban J connectivity index is 2.46. The molecule has 0 fully saturated rings. The van der Waals surface area contributed by atoms with E-state index in [1.807, 2.05) is 0 Å². The van der Waals surface area contributed by atoms with Gasteiger partial charge in [-0.2, -0.15) is 13.2 Å². The second kappa shape index (κ2) is 5.65. The van der Waals surface area contributed by atoms with Crippen LogP contribution in [0, 0.1) is 10.1 Å². The molecule has 10 heteroatoms. The molecule has 2 aromatic heterocycles. The second-order valence-electron chi connectivity index (χ2n) is 4.94. The molecule has 130 valence electrons. The minimum Gasteiger partial charge on any atom is -0.805 e. The van der Waals surface area contributed by atoms with E-state index in [0.29, 0.717) is 0 Å². The van der Waals surface area contributed by atoms with Gasteiger partial charge in [0.25, 0.3) is 11.3 Å². The van der Waals surface area contributed by atoms with Crippen molar-refractivity contribution >= 4 is 16.8 Å². The number of ether oxygens (including phenoxy) is 1. The van der Waals surface area contributed by atoms with E-state index in [-0.39, 0.29) is 10.2 Å². The molecule has 0 saturated heterocycles. The summed E-state index contributed by atoms with van der Waals surface area (Å²) >= 11 is 0. The highest BCUT2D eigenvalue weighted by molar-refractivity contribution is 6.06. The number of benzene rings is 1. The summed E-state index contributed by atoms with van der Waals surface area (Å²) in [5, 5.41) is 12.2. The van der Waals surface area contributed by atoms with E-state index in [2.05, 4.69) is 0 Å². The zero-order valence-corrected chi connectivity index (χ0v) is 12.5. The molecule has 0 saturated carbocycles. The number of alkyl halides is 3. The van der Waals surface area contributed by atoms with Crippen molar-refractivity contribution in [2.24, 2.45) is 0 Å². The highest BCUT2D eigenvalue weighted by Crippen LogP contribution is 2.33. The molecule has 0 N–H and O–H groups in total. The predicted octanol–water partition coefficient (Wildman–Crippen LogP) is 2.75. The highest BCUT2D eigenvalue weighted by atomic mass is 19.4. The van der Waals surface area contributed by atoms with Gasteiger partial charge in [-0.1, -0.05) is 0 Å². The Labute approximate surface area is 137 Å². The fraction of sp³-hybridized carbons (Fsp3) is 0.133. The summed E-state index contributed by atoms with van der Waals surface area (Å²) in [6, 6.07) is 5.66. The number of ketones is 1. The molecule has 0 aliphatic carbocycles. The van der Waals surface area contributed by atoms with Gasteiger partial charge in [-0.3, -0.25) is 4.79 Å². The van der Waals surface area contributed by atoms with Crippen LogP contribution in [0.15, 0.2) is 41.0 Å². The minimum absolute atomic E-state index is 0.133. The SMILES string of the molecule is COc1ccc2c(c1)[n+](=O)c(C(=O)c1ccco1)c(C(F)(F)F)n2[O-]. The summed E-state index contributed by atoms with van der Waals surface area (Å²) in [5.74, 6) is -1.73. The van der Waals surface area contributed by atoms with Crippen molar-refractivity contribution in [3.8, 4) is 5.75 Å². The number of hydrogen-bond donors (Lipinski definition) is 0. The molecule has 25 heavy (non-hydrogen) atoms. The van der Waals surface area contributed by atoms with Crippen molar-refractivity contribution in [2.45, 2.75) is 6.18 Å². The maximum absolute atomic E-state index is 13.4. The van der Waals surface area contributed by atoms with Crippen LogP contribution in [0.3, 0.4) is 0 Å². The van der Waals surface area contributed by atoms with Crippen LogP contribution in [-0.2, 0) is 6.18 Å². The first-order valence-electron chi connectivity index (χ1n) is 6.78. The van der Waals surface area contributed by atoms with Crippen molar-refractivity contribution in [3.63, 3.8) is 0 Å². The van der Waals surface area contributed by atoms with Crippen molar-refractivity contribution in [1.29, 1.82) is 0 Å². The van der Waals surface area contributed by atoms with Gasteiger partial charge in [0.05, 0.1) is 23.9 Å². The van der Waals surface area contributed by atoms with Crippen molar-refractivity contribution in [2.75, 3.05) is 7.11 Å². The van der Waals surface area contributed by atoms with Gasteiger partial charge in [-0.05, 0) is 24.3 Å². The van der Waals surface area contributed by atoms with Crippen molar-refractivity contribution in [3.05, 3.63) is 63.9 Å². The number of furan rings is 1.